The molecular formula is C11H25NO2. The average Bonchev–Trinajstić information content (AvgIpc) is 2.02. The van der Waals surface area contributed by atoms with Gasteiger partial charge in [-0.15, -0.1) is 0 Å². The lowest BCUT2D eigenvalue weighted by molar-refractivity contribution is 0.0629. The fraction of sp³-hybridized carbons (Fsp3) is 1.00. The standard InChI is InChI=1S/C11H25NO2/c1-10(2)14-9-8-12(4)7-5-6-11(3)13/h10-11,13H,5-9H2,1-4H3. The van der Waals surface area contributed by atoms with E-state index in [1.807, 2.05) is 20.8 Å². The van der Waals surface area contributed by atoms with Crippen molar-refractivity contribution >= 4 is 0 Å². The van der Waals surface area contributed by atoms with Crippen LogP contribution in [0.4, 0.5) is 0 Å². The number of aliphatic hydroxyl groups excluding tert-OH is 1. The lowest BCUT2D eigenvalue weighted by atomic mass is 10.2. The van der Waals surface area contributed by atoms with E-state index >= 15 is 0 Å². The first-order chi connectivity index (χ1) is 6.52. The minimum atomic E-state index is -0.171. The summed E-state index contributed by atoms with van der Waals surface area (Å²) in [5.41, 5.74) is 0. The van der Waals surface area contributed by atoms with Crippen LogP contribution < -0.4 is 0 Å². The zero-order chi connectivity index (χ0) is 11.0. The minimum Gasteiger partial charge on any atom is -0.393 e. The van der Waals surface area contributed by atoms with Crippen LogP contribution in [-0.2, 0) is 4.74 Å². The van der Waals surface area contributed by atoms with Crippen molar-refractivity contribution in [2.45, 2.75) is 45.8 Å². The third-order valence-corrected chi connectivity index (χ3v) is 2.09. The predicted molar refractivity (Wildman–Crippen MR) is 59.5 cm³/mol. The van der Waals surface area contributed by atoms with Crippen molar-refractivity contribution in [2.75, 3.05) is 26.7 Å². The van der Waals surface area contributed by atoms with Crippen LogP contribution >= 0.6 is 0 Å². The van der Waals surface area contributed by atoms with Gasteiger partial charge in [0.15, 0.2) is 0 Å². The summed E-state index contributed by atoms with van der Waals surface area (Å²) in [4.78, 5) is 2.24. The molecule has 0 heterocycles. The molecule has 86 valence electrons. The molecule has 0 rings (SSSR count). The summed E-state index contributed by atoms with van der Waals surface area (Å²) in [5, 5.41) is 9.07. The molecule has 0 aromatic heterocycles. The van der Waals surface area contributed by atoms with E-state index < -0.39 is 0 Å². The molecule has 1 unspecified atom stereocenters. The highest BCUT2D eigenvalue weighted by atomic mass is 16.5. The molecule has 0 radical (unpaired) electrons. The smallest absolute Gasteiger partial charge is 0.0596 e. The van der Waals surface area contributed by atoms with Crippen molar-refractivity contribution in [2.24, 2.45) is 0 Å². The summed E-state index contributed by atoms with van der Waals surface area (Å²) < 4.78 is 5.45. The van der Waals surface area contributed by atoms with Crippen LogP contribution in [0.2, 0.25) is 0 Å². The van der Waals surface area contributed by atoms with E-state index in [1.54, 1.807) is 0 Å². The number of nitrogens with zero attached hydrogens (tertiary/aromatic N) is 1. The molecule has 1 atom stereocenters. The van der Waals surface area contributed by atoms with E-state index in [2.05, 4.69) is 11.9 Å². The molecule has 0 aromatic carbocycles. The van der Waals surface area contributed by atoms with Crippen molar-refractivity contribution in [1.82, 2.24) is 4.90 Å². The van der Waals surface area contributed by atoms with E-state index in [0.29, 0.717) is 6.10 Å². The van der Waals surface area contributed by atoms with Crippen molar-refractivity contribution in [3.8, 4) is 0 Å². The highest BCUT2D eigenvalue weighted by molar-refractivity contribution is 4.54. The van der Waals surface area contributed by atoms with Gasteiger partial charge in [0.2, 0.25) is 0 Å². The first-order valence-electron chi connectivity index (χ1n) is 5.50. The summed E-state index contributed by atoms with van der Waals surface area (Å²) in [6, 6.07) is 0. The van der Waals surface area contributed by atoms with E-state index in [1.165, 1.54) is 0 Å². The third kappa shape index (κ3) is 9.96. The SMILES string of the molecule is CC(O)CCCN(C)CCOC(C)C. The normalized spacial score (nSPS) is 13.9. The molecule has 0 bridgehead atoms. The largest absolute Gasteiger partial charge is 0.393 e. The first kappa shape index (κ1) is 13.9. The van der Waals surface area contributed by atoms with Gasteiger partial charge in [0.25, 0.3) is 0 Å². The van der Waals surface area contributed by atoms with E-state index in [0.717, 1.165) is 32.5 Å². The molecule has 0 aliphatic carbocycles. The average molecular weight is 203 g/mol. The Labute approximate surface area is 88.1 Å². The van der Waals surface area contributed by atoms with E-state index in [4.69, 9.17) is 9.84 Å². The van der Waals surface area contributed by atoms with E-state index in [-0.39, 0.29) is 6.10 Å². The monoisotopic (exact) mass is 203 g/mol. The maximum atomic E-state index is 9.07. The molecule has 0 aliphatic rings. The minimum absolute atomic E-state index is 0.171. The Morgan fingerprint density at radius 3 is 2.36 bits per heavy atom. The molecule has 0 aromatic rings. The van der Waals surface area contributed by atoms with Gasteiger partial charge in [-0.3, -0.25) is 0 Å². The number of likely N-dealkylation sites (N-methyl/N-ethyl adjacent to an activating group) is 1. The maximum absolute atomic E-state index is 9.07. The van der Waals surface area contributed by atoms with E-state index in [9.17, 15) is 0 Å². The van der Waals surface area contributed by atoms with Crippen LogP contribution in [0.25, 0.3) is 0 Å². The van der Waals surface area contributed by atoms with Gasteiger partial charge in [0.05, 0.1) is 18.8 Å². The molecule has 0 fully saturated rings. The van der Waals surface area contributed by atoms with Gasteiger partial charge in [-0.2, -0.15) is 0 Å². The van der Waals surface area contributed by atoms with Gasteiger partial charge in [0.1, 0.15) is 0 Å². The lowest BCUT2D eigenvalue weighted by Crippen LogP contribution is -2.25. The molecule has 0 amide bonds. The Balaban J connectivity index is 3.23. The molecule has 1 N–H and O–H groups in total. The van der Waals surface area contributed by atoms with Crippen molar-refractivity contribution in [3.63, 3.8) is 0 Å². The number of ether oxygens (including phenoxy) is 1. The topological polar surface area (TPSA) is 32.7 Å². The molecule has 0 saturated carbocycles. The van der Waals surface area contributed by atoms with Crippen LogP contribution in [0.3, 0.4) is 0 Å². The summed E-state index contributed by atoms with van der Waals surface area (Å²) in [5.74, 6) is 0. The molecule has 0 spiro atoms. The number of hydrogen-bond acceptors (Lipinski definition) is 3. The summed E-state index contributed by atoms with van der Waals surface area (Å²) in [7, 11) is 2.09. The Morgan fingerprint density at radius 1 is 1.21 bits per heavy atom. The van der Waals surface area contributed by atoms with Crippen molar-refractivity contribution < 1.29 is 9.84 Å². The van der Waals surface area contributed by atoms with Crippen LogP contribution in [0.1, 0.15) is 33.6 Å². The second-order valence-corrected chi connectivity index (χ2v) is 4.21. The summed E-state index contributed by atoms with van der Waals surface area (Å²) in [6.45, 7) is 8.73. The quantitative estimate of drug-likeness (QED) is 0.649. The van der Waals surface area contributed by atoms with Gasteiger partial charge in [-0.25, -0.2) is 0 Å². The highest BCUT2D eigenvalue weighted by Crippen LogP contribution is 1.97. The van der Waals surface area contributed by atoms with Crippen LogP contribution in [0.15, 0.2) is 0 Å². The summed E-state index contributed by atoms with van der Waals surface area (Å²) >= 11 is 0. The predicted octanol–water partition coefficient (Wildman–Crippen LogP) is 1.50. The van der Waals surface area contributed by atoms with Crippen molar-refractivity contribution in [1.29, 1.82) is 0 Å². The molecular weight excluding hydrogens is 178 g/mol. The first-order valence-corrected chi connectivity index (χ1v) is 5.50. The molecule has 0 aliphatic heterocycles. The third-order valence-electron chi connectivity index (χ3n) is 2.09. The maximum Gasteiger partial charge on any atom is 0.0596 e. The molecule has 0 saturated heterocycles. The molecule has 3 heteroatoms. The summed E-state index contributed by atoms with van der Waals surface area (Å²) in [6.07, 6.45) is 2.08. The van der Waals surface area contributed by atoms with Crippen LogP contribution in [0.5, 0.6) is 0 Å². The van der Waals surface area contributed by atoms with Gasteiger partial charge < -0.3 is 14.7 Å². The second kappa shape index (κ2) is 8.21. The number of rotatable bonds is 8. The zero-order valence-corrected chi connectivity index (χ0v) is 9.99. The van der Waals surface area contributed by atoms with Gasteiger partial charge in [-0.05, 0) is 47.2 Å². The Hall–Kier alpha value is -0.120. The molecule has 14 heavy (non-hydrogen) atoms. The van der Waals surface area contributed by atoms with Gasteiger partial charge in [0, 0.05) is 6.54 Å². The number of aliphatic hydroxyl groups is 1. The van der Waals surface area contributed by atoms with Crippen LogP contribution in [0, 0.1) is 0 Å². The Morgan fingerprint density at radius 2 is 1.86 bits per heavy atom. The zero-order valence-electron chi connectivity index (χ0n) is 9.99. The Bertz CT molecular complexity index is 112. The highest BCUT2D eigenvalue weighted by Gasteiger charge is 2.01. The van der Waals surface area contributed by atoms with Gasteiger partial charge in [-0.1, -0.05) is 0 Å². The van der Waals surface area contributed by atoms with Gasteiger partial charge >= 0.3 is 0 Å². The Kier molecular flexibility index (Phi) is 8.14. The number of hydrogen-bond donors (Lipinski definition) is 1. The second-order valence-electron chi connectivity index (χ2n) is 4.21. The molecule has 3 nitrogen and oxygen atoms in total. The van der Waals surface area contributed by atoms with Crippen LogP contribution in [-0.4, -0.2) is 49.0 Å². The fourth-order valence-corrected chi connectivity index (χ4v) is 1.21. The fourth-order valence-electron chi connectivity index (χ4n) is 1.21. The lowest BCUT2D eigenvalue weighted by Gasteiger charge is -2.17. The van der Waals surface area contributed by atoms with Crippen molar-refractivity contribution in [3.05, 3.63) is 0 Å².